The minimum Gasteiger partial charge on any atom is -0.475 e. The summed E-state index contributed by atoms with van der Waals surface area (Å²) in [6.45, 7) is 4.98. The fraction of sp³-hybridized carbons (Fsp3) is 0.500. The molecule has 0 aliphatic heterocycles. The molecule has 13 heavy (non-hydrogen) atoms. The Morgan fingerprint density at radius 1 is 1.69 bits per heavy atom. The normalized spacial score (nSPS) is 10.3. The van der Waals surface area contributed by atoms with Crippen molar-refractivity contribution in [3.63, 3.8) is 0 Å². The molecule has 0 radical (unpaired) electrons. The molecule has 0 saturated carbocycles. The summed E-state index contributed by atoms with van der Waals surface area (Å²) in [5.74, 6) is -0.664. The van der Waals surface area contributed by atoms with Crippen LogP contribution in [0.4, 0.5) is 0 Å². The number of aromatic nitrogens is 2. The van der Waals surface area contributed by atoms with E-state index in [2.05, 4.69) is 0 Å². The first-order valence-electron chi connectivity index (χ1n) is 4.23. The van der Waals surface area contributed by atoms with Gasteiger partial charge in [0.1, 0.15) is 0 Å². The molecule has 0 aromatic carbocycles. The predicted octanol–water partition coefficient (Wildman–Crippen LogP) is -0.380. The van der Waals surface area contributed by atoms with Crippen molar-refractivity contribution < 1.29 is 14.5 Å². The van der Waals surface area contributed by atoms with Crippen LogP contribution in [0.15, 0.2) is 6.33 Å². The highest BCUT2D eigenvalue weighted by Gasteiger charge is 2.25. The lowest BCUT2D eigenvalue weighted by Gasteiger charge is -1.91. The SMILES string of the molecule is CCn1c[n+](CC)c(O)c1C(N)=O. The summed E-state index contributed by atoms with van der Waals surface area (Å²) in [4.78, 5) is 11.0. The first kappa shape index (κ1) is 9.57. The average molecular weight is 184 g/mol. The van der Waals surface area contributed by atoms with Crippen LogP contribution in [0.2, 0.25) is 0 Å². The molecule has 0 aliphatic carbocycles. The van der Waals surface area contributed by atoms with Crippen molar-refractivity contribution >= 4 is 5.91 Å². The Morgan fingerprint density at radius 3 is 2.62 bits per heavy atom. The molecule has 3 N–H and O–H groups in total. The van der Waals surface area contributed by atoms with Gasteiger partial charge in [0.05, 0.1) is 13.1 Å². The number of amides is 1. The van der Waals surface area contributed by atoms with E-state index in [4.69, 9.17) is 5.73 Å². The molecule has 72 valence electrons. The zero-order valence-corrected chi connectivity index (χ0v) is 7.82. The number of carbonyl (C=O) groups is 1. The standard InChI is InChI=1S/C8H13N3O2/c1-3-10-5-11(4-2)8(13)6(10)7(9)12/h5H,3-4H2,1-2H3,(H2-,9,12,13)/p+1. The number of rotatable bonds is 3. The Kier molecular flexibility index (Phi) is 2.55. The summed E-state index contributed by atoms with van der Waals surface area (Å²) >= 11 is 0. The third-order valence-corrected chi connectivity index (χ3v) is 1.96. The topological polar surface area (TPSA) is 72.1 Å². The third kappa shape index (κ3) is 1.49. The number of primary amides is 1. The van der Waals surface area contributed by atoms with E-state index < -0.39 is 5.91 Å². The monoisotopic (exact) mass is 184 g/mol. The van der Waals surface area contributed by atoms with E-state index in [-0.39, 0.29) is 11.6 Å². The molecular formula is C8H14N3O2+. The fourth-order valence-electron chi connectivity index (χ4n) is 1.27. The van der Waals surface area contributed by atoms with Gasteiger partial charge in [0.15, 0.2) is 0 Å². The van der Waals surface area contributed by atoms with Crippen molar-refractivity contribution in [2.45, 2.75) is 26.9 Å². The quantitative estimate of drug-likeness (QED) is 0.628. The molecule has 0 atom stereocenters. The second-order valence-electron chi connectivity index (χ2n) is 2.72. The molecule has 0 aliphatic rings. The summed E-state index contributed by atoms with van der Waals surface area (Å²) < 4.78 is 3.20. The summed E-state index contributed by atoms with van der Waals surface area (Å²) in [7, 11) is 0. The van der Waals surface area contributed by atoms with Gasteiger partial charge in [0, 0.05) is 0 Å². The van der Waals surface area contributed by atoms with Crippen LogP contribution < -0.4 is 10.3 Å². The van der Waals surface area contributed by atoms with Gasteiger partial charge in [0.25, 0.3) is 11.6 Å². The highest BCUT2D eigenvalue weighted by atomic mass is 16.3. The maximum absolute atomic E-state index is 11.0. The van der Waals surface area contributed by atoms with Crippen LogP contribution in [-0.4, -0.2) is 15.6 Å². The van der Waals surface area contributed by atoms with Crippen molar-refractivity contribution in [1.29, 1.82) is 0 Å². The Hall–Kier alpha value is -1.52. The van der Waals surface area contributed by atoms with Crippen LogP contribution in [0.3, 0.4) is 0 Å². The molecule has 0 unspecified atom stereocenters. The third-order valence-electron chi connectivity index (χ3n) is 1.96. The van der Waals surface area contributed by atoms with E-state index in [9.17, 15) is 9.90 Å². The van der Waals surface area contributed by atoms with Gasteiger partial charge in [-0.05, 0) is 13.8 Å². The van der Waals surface area contributed by atoms with Crippen molar-refractivity contribution in [1.82, 2.24) is 4.57 Å². The predicted molar refractivity (Wildman–Crippen MR) is 46.2 cm³/mol. The smallest absolute Gasteiger partial charge is 0.336 e. The molecule has 1 aromatic rings. The first-order chi connectivity index (χ1) is 6.11. The molecule has 0 spiro atoms. The largest absolute Gasteiger partial charge is 0.475 e. The first-order valence-corrected chi connectivity index (χ1v) is 4.23. The Balaban J connectivity index is 3.28. The van der Waals surface area contributed by atoms with Crippen LogP contribution in [0, 0.1) is 0 Å². The minimum atomic E-state index is -0.605. The number of nitrogens with zero attached hydrogens (tertiary/aromatic N) is 2. The lowest BCUT2D eigenvalue weighted by Crippen LogP contribution is -2.30. The van der Waals surface area contributed by atoms with E-state index in [0.717, 1.165) is 0 Å². The Bertz CT molecular complexity index is 330. The zero-order valence-electron chi connectivity index (χ0n) is 7.82. The molecule has 1 heterocycles. The molecule has 5 nitrogen and oxygen atoms in total. The van der Waals surface area contributed by atoms with Gasteiger partial charge in [0.2, 0.25) is 6.33 Å². The van der Waals surface area contributed by atoms with Crippen molar-refractivity contribution in [3.8, 4) is 5.88 Å². The average Bonchev–Trinajstić information content (AvgIpc) is 2.41. The van der Waals surface area contributed by atoms with Crippen molar-refractivity contribution in [3.05, 3.63) is 12.0 Å². The van der Waals surface area contributed by atoms with Crippen LogP contribution in [0.25, 0.3) is 0 Å². The summed E-state index contributed by atoms with van der Waals surface area (Å²) in [6.07, 6.45) is 1.68. The molecule has 1 rings (SSSR count). The number of hydrogen-bond donors (Lipinski definition) is 2. The number of carbonyl (C=O) groups excluding carboxylic acids is 1. The van der Waals surface area contributed by atoms with Crippen molar-refractivity contribution in [2.24, 2.45) is 5.73 Å². The number of hydrogen-bond acceptors (Lipinski definition) is 2. The lowest BCUT2D eigenvalue weighted by atomic mass is 10.4. The molecule has 0 saturated heterocycles. The summed E-state index contributed by atoms with van der Waals surface area (Å²) in [5, 5.41) is 9.55. The van der Waals surface area contributed by atoms with E-state index in [1.54, 1.807) is 15.5 Å². The maximum atomic E-state index is 11.0. The van der Waals surface area contributed by atoms with Crippen LogP contribution in [0.5, 0.6) is 5.88 Å². The lowest BCUT2D eigenvalue weighted by molar-refractivity contribution is -0.698. The molecule has 5 heteroatoms. The van der Waals surface area contributed by atoms with Gasteiger partial charge in [-0.25, -0.2) is 4.57 Å². The van der Waals surface area contributed by atoms with Gasteiger partial charge in [-0.15, -0.1) is 0 Å². The number of aromatic hydroxyl groups is 1. The van der Waals surface area contributed by atoms with Crippen LogP contribution in [-0.2, 0) is 13.1 Å². The number of aryl methyl sites for hydroxylation is 2. The van der Waals surface area contributed by atoms with Gasteiger partial charge >= 0.3 is 5.88 Å². The fourth-order valence-corrected chi connectivity index (χ4v) is 1.27. The number of nitrogens with two attached hydrogens (primary N) is 1. The maximum Gasteiger partial charge on any atom is 0.336 e. The molecule has 1 amide bonds. The minimum absolute atomic E-state index is 0.0585. The zero-order chi connectivity index (χ0) is 10.0. The van der Waals surface area contributed by atoms with Gasteiger partial charge < -0.3 is 10.8 Å². The van der Waals surface area contributed by atoms with Crippen LogP contribution in [0.1, 0.15) is 24.3 Å². The molecular weight excluding hydrogens is 170 g/mol. The second-order valence-corrected chi connectivity index (χ2v) is 2.72. The van der Waals surface area contributed by atoms with E-state index in [0.29, 0.717) is 13.1 Å². The Morgan fingerprint density at radius 2 is 2.31 bits per heavy atom. The highest BCUT2D eigenvalue weighted by Crippen LogP contribution is 2.11. The van der Waals surface area contributed by atoms with E-state index >= 15 is 0 Å². The second kappa shape index (κ2) is 3.47. The number of imidazole rings is 1. The molecule has 0 bridgehead atoms. The summed E-state index contributed by atoms with van der Waals surface area (Å²) in [5.41, 5.74) is 5.30. The van der Waals surface area contributed by atoms with Crippen molar-refractivity contribution in [2.75, 3.05) is 0 Å². The van der Waals surface area contributed by atoms with Gasteiger partial charge in [-0.2, -0.15) is 4.57 Å². The molecule has 0 fully saturated rings. The van der Waals surface area contributed by atoms with E-state index in [1.807, 2.05) is 13.8 Å². The highest BCUT2D eigenvalue weighted by molar-refractivity contribution is 5.92. The summed E-state index contributed by atoms with van der Waals surface area (Å²) in [6, 6.07) is 0. The van der Waals surface area contributed by atoms with Crippen LogP contribution >= 0.6 is 0 Å². The Labute approximate surface area is 76.4 Å². The van der Waals surface area contributed by atoms with Gasteiger partial charge in [-0.1, -0.05) is 0 Å². The van der Waals surface area contributed by atoms with Gasteiger partial charge in [-0.3, -0.25) is 4.79 Å². The molecule has 1 aromatic heterocycles. The van der Waals surface area contributed by atoms with E-state index in [1.165, 1.54) is 0 Å².